The van der Waals surface area contributed by atoms with Crippen molar-refractivity contribution in [2.45, 2.75) is 38.1 Å². The van der Waals surface area contributed by atoms with Crippen molar-refractivity contribution in [3.05, 3.63) is 29.8 Å². The summed E-state index contributed by atoms with van der Waals surface area (Å²) in [6, 6.07) is 8.46. The Balaban J connectivity index is 0.00000518. The van der Waals surface area contributed by atoms with Gasteiger partial charge in [-0.15, -0.1) is 0 Å². The van der Waals surface area contributed by atoms with Crippen molar-refractivity contribution in [2.24, 2.45) is 0 Å². The lowest BCUT2D eigenvalue weighted by Gasteiger charge is -2.29. The lowest BCUT2D eigenvalue weighted by molar-refractivity contribution is -0.140. The predicted octanol–water partition coefficient (Wildman–Crippen LogP) is 1.35. The molecule has 1 atom stereocenters. The number of rotatable bonds is 20. The molecular weight excluding hydrogens is 635 g/mol. The molecule has 1 fully saturated rings. The van der Waals surface area contributed by atoms with Crippen LogP contribution in [-0.2, 0) is 34.1 Å². The highest BCUT2D eigenvalue weighted by Gasteiger charge is 2.36. The first kappa shape index (κ1) is 41.7. The van der Waals surface area contributed by atoms with E-state index in [0.29, 0.717) is 64.8 Å². The molecule has 0 aromatic heterocycles. The third-order valence-electron chi connectivity index (χ3n) is 7.63. The second-order valence-corrected chi connectivity index (χ2v) is 14.5. The van der Waals surface area contributed by atoms with Gasteiger partial charge in [-0.25, -0.2) is 0 Å². The van der Waals surface area contributed by atoms with Gasteiger partial charge in [0.15, 0.2) is 0 Å². The smallest absolute Gasteiger partial charge is 0.480 e. The Kier molecular flexibility index (Phi) is 21.0. The number of anilines is 1. The second kappa shape index (κ2) is 23.1. The average Bonchev–Trinajstić information content (AvgIpc) is 3.11. The maximum Gasteiger partial charge on any atom is 0.500 e. The summed E-state index contributed by atoms with van der Waals surface area (Å²) >= 11 is 4.67. The summed E-state index contributed by atoms with van der Waals surface area (Å²) in [5.74, 6) is -2.80. The van der Waals surface area contributed by atoms with Crippen LogP contribution in [0.4, 0.5) is 5.69 Å². The van der Waals surface area contributed by atoms with Crippen LogP contribution in [0.25, 0.3) is 0 Å². The molecule has 0 saturated carbocycles. The minimum absolute atomic E-state index is 0.0720. The highest BCUT2D eigenvalue weighted by molar-refractivity contribution is 7.80. The first-order valence-corrected chi connectivity index (χ1v) is 18.2. The molecule has 264 valence electrons. The number of nitrogens with one attached hydrogen (secondary N) is 1. The molecule has 1 saturated heterocycles. The molecule has 16 heteroatoms. The van der Waals surface area contributed by atoms with Gasteiger partial charge >= 0.3 is 26.7 Å². The van der Waals surface area contributed by atoms with Crippen molar-refractivity contribution in [3.8, 4) is 0 Å². The third kappa shape index (κ3) is 16.5. The monoisotopic (exact) mass is 689 g/mol. The second-order valence-electron chi connectivity index (χ2n) is 10.7. The minimum Gasteiger partial charge on any atom is -0.480 e. The number of thiol groups is 1. The summed E-state index contributed by atoms with van der Waals surface area (Å²) in [5, 5.41) is 31.5. The number of nitrogens with zero attached hydrogens (tertiary/aromatic N) is 4. The number of hydrogen-bond donors (Lipinski definition) is 5. The van der Waals surface area contributed by atoms with Crippen LogP contribution in [0.15, 0.2) is 24.3 Å². The molecule has 1 aromatic carbocycles. The molecule has 4 N–H and O–H groups in total. The van der Waals surface area contributed by atoms with E-state index in [1.165, 1.54) is 0 Å². The zero-order chi connectivity index (χ0) is 34.5. The fourth-order valence-corrected chi connectivity index (χ4v) is 7.16. The Labute approximate surface area is 280 Å². The van der Waals surface area contributed by atoms with E-state index in [4.69, 9.17) is 13.3 Å². The average molecular weight is 690 g/mol. The van der Waals surface area contributed by atoms with E-state index in [1.807, 2.05) is 38.1 Å². The molecule has 1 heterocycles. The van der Waals surface area contributed by atoms with Crippen LogP contribution in [0.5, 0.6) is 0 Å². The highest BCUT2D eigenvalue weighted by atomic mass is 32.1. The van der Waals surface area contributed by atoms with E-state index in [-0.39, 0.29) is 25.0 Å². The van der Waals surface area contributed by atoms with Crippen LogP contribution >= 0.6 is 12.6 Å². The van der Waals surface area contributed by atoms with Crippen LogP contribution in [0.3, 0.4) is 0 Å². The Morgan fingerprint density at radius 3 is 1.76 bits per heavy atom. The van der Waals surface area contributed by atoms with Gasteiger partial charge in [0.25, 0.3) is 0 Å². The van der Waals surface area contributed by atoms with Gasteiger partial charge in [-0.05, 0) is 37.1 Å². The van der Waals surface area contributed by atoms with Gasteiger partial charge in [0.05, 0.1) is 18.5 Å². The van der Waals surface area contributed by atoms with Crippen LogP contribution in [0, 0.1) is 0 Å². The van der Waals surface area contributed by atoms with Gasteiger partial charge in [-0.2, -0.15) is 12.6 Å². The molecule has 1 aromatic rings. The van der Waals surface area contributed by atoms with Crippen molar-refractivity contribution in [1.29, 1.82) is 0 Å². The number of carboxylic acid groups (broad SMARTS) is 3. The van der Waals surface area contributed by atoms with E-state index in [2.05, 4.69) is 22.8 Å². The molecular formula is C30H55N5O9SSi. The molecule has 1 aliphatic heterocycles. The molecule has 14 nitrogen and oxygen atoms in total. The van der Waals surface area contributed by atoms with Crippen LogP contribution in [0.2, 0.25) is 6.04 Å². The van der Waals surface area contributed by atoms with Crippen LogP contribution < -0.4 is 10.2 Å². The quantitative estimate of drug-likeness (QED) is 0.0577. The molecule has 1 unspecified atom stereocenters. The zero-order valence-corrected chi connectivity index (χ0v) is 29.9. The topological polar surface area (TPSA) is 165 Å². The minimum atomic E-state index is -2.60. The largest absolute Gasteiger partial charge is 0.500 e. The zero-order valence-electron chi connectivity index (χ0n) is 28.0. The SMILES string of the molecule is CC.CO[Si](CCCNC(S)Cc1ccc(N(CCN2CCN(CC(=O)O)CCN(CC(=O)O)CC2)CC(=O)O)cc1)(OC)OC. The van der Waals surface area contributed by atoms with E-state index in [0.717, 1.165) is 24.2 Å². The number of benzene rings is 1. The maximum absolute atomic E-state index is 11.7. The first-order valence-electron chi connectivity index (χ1n) is 15.7. The molecule has 0 spiro atoms. The van der Waals surface area contributed by atoms with Gasteiger partial charge in [-0.3, -0.25) is 29.1 Å². The Morgan fingerprint density at radius 1 is 0.848 bits per heavy atom. The van der Waals surface area contributed by atoms with Crippen molar-refractivity contribution in [3.63, 3.8) is 0 Å². The standard InChI is InChI=1S/C28H49N5O9SSi.C2H6/c1-40-44(41-2,42-3)18-4-9-29-25(43)19-23-5-7-24(8-6-23)33(22-28(38)39)17-16-30-10-12-31(20-26(34)35)14-15-32(13-11-30)21-27(36)37;1-2/h5-8,25,29,43H,4,9-22H2,1-3H3,(H,34,35)(H,36,37)(H,38,39);1-2H3. The summed E-state index contributed by atoms with van der Waals surface area (Å²) in [7, 11) is 2.20. The molecule has 0 radical (unpaired) electrons. The summed E-state index contributed by atoms with van der Waals surface area (Å²) in [6.45, 7) is 8.45. The van der Waals surface area contributed by atoms with Gasteiger partial charge in [0.2, 0.25) is 0 Å². The van der Waals surface area contributed by atoms with Gasteiger partial charge in [0.1, 0.15) is 6.54 Å². The van der Waals surface area contributed by atoms with Crippen molar-refractivity contribution in [2.75, 3.05) is 105 Å². The number of hydrogen-bond acceptors (Lipinski definition) is 12. The normalized spacial score (nSPS) is 16.0. The molecule has 46 heavy (non-hydrogen) atoms. The molecule has 2 rings (SSSR count). The number of aliphatic carboxylic acids is 3. The van der Waals surface area contributed by atoms with Crippen molar-refractivity contribution >= 4 is 45.0 Å². The molecule has 0 aliphatic carbocycles. The van der Waals surface area contributed by atoms with E-state index in [9.17, 15) is 29.7 Å². The predicted molar refractivity (Wildman–Crippen MR) is 183 cm³/mol. The summed E-state index contributed by atoms with van der Waals surface area (Å²) in [5.41, 5.74) is 1.84. The van der Waals surface area contributed by atoms with E-state index in [1.54, 1.807) is 36.0 Å². The van der Waals surface area contributed by atoms with Gasteiger partial charge in [-0.1, -0.05) is 26.0 Å². The Morgan fingerprint density at radius 2 is 1.33 bits per heavy atom. The third-order valence-corrected chi connectivity index (χ3v) is 10.8. The van der Waals surface area contributed by atoms with Crippen LogP contribution in [-0.4, -0.2) is 162 Å². The van der Waals surface area contributed by atoms with Crippen LogP contribution in [0.1, 0.15) is 25.8 Å². The molecule has 0 bridgehead atoms. The maximum atomic E-state index is 11.7. The van der Waals surface area contributed by atoms with Crippen molar-refractivity contribution < 1.29 is 43.0 Å². The fourth-order valence-electron chi connectivity index (χ4n) is 5.10. The molecule has 0 amide bonds. The first-order chi connectivity index (χ1) is 22.0. The van der Waals surface area contributed by atoms with E-state index >= 15 is 0 Å². The number of carbonyl (C=O) groups is 3. The van der Waals surface area contributed by atoms with Gasteiger partial charge in [0, 0.05) is 85.4 Å². The summed E-state index contributed by atoms with van der Waals surface area (Å²) < 4.78 is 16.4. The Bertz CT molecular complexity index is 987. The lowest BCUT2D eigenvalue weighted by atomic mass is 10.1. The Hall–Kier alpha value is -2.28. The molecule has 1 aliphatic rings. The number of carboxylic acids is 3. The summed E-state index contributed by atoms with van der Waals surface area (Å²) in [6.07, 6.45) is 1.49. The highest BCUT2D eigenvalue weighted by Crippen LogP contribution is 2.18. The summed E-state index contributed by atoms with van der Waals surface area (Å²) in [4.78, 5) is 41.9. The fraction of sp³-hybridized carbons (Fsp3) is 0.700. The lowest BCUT2D eigenvalue weighted by Crippen LogP contribution is -2.43. The van der Waals surface area contributed by atoms with Crippen molar-refractivity contribution in [1.82, 2.24) is 20.0 Å². The van der Waals surface area contributed by atoms with Gasteiger partial charge < -0.3 is 38.8 Å². The van der Waals surface area contributed by atoms with E-state index < -0.39 is 26.7 Å².